The van der Waals surface area contributed by atoms with Gasteiger partial charge in [0.1, 0.15) is 0 Å². The number of nitrogens with zero attached hydrogens (tertiary/aromatic N) is 4. The summed E-state index contributed by atoms with van der Waals surface area (Å²) < 4.78 is 1.72. The maximum Gasteiger partial charge on any atom is 0.336 e. The predicted molar refractivity (Wildman–Crippen MR) is 93.3 cm³/mol. The molecule has 0 atom stereocenters. The molecule has 0 radical (unpaired) electrons. The molecule has 6 heteroatoms. The van der Waals surface area contributed by atoms with Crippen LogP contribution in [0.1, 0.15) is 15.9 Å². The maximum atomic E-state index is 11.7. The van der Waals surface area contributed by atoms with E-state index in [0.717, 1.165) is 11.1 Å². The molecular weight excluding hydrogens is 316 g/mol. The van der Waals surface area contributed by atoms with Gasteiger partial charge in [-0.05, 0) is 23.8 Å². The highest BCUT2D eigenvalue weighted by Crippen LogP contribution is 2.25. The van der Waals surface area contributed by atoms with Crippen LogP contribution in [0, 0.1) is 0 Å². The van der Waals surface area contributed by atoms with E-state index in [1.807, 2.05) is 36.4 Å². The molecule has 0 aliphatic carbocycles. The fourth-order valence-corrected chi connectivity index (χ4v) is 2.76. The molecule has 1 aromatic carbocycles. The molecule has 0 aliphatic heterocycles. The maximum absolute atomic E-state index is 11.7. The van der Waals surface area contributed by atoms with Crippen LogP contribution in [0.15, 0.2) is 67.1 Å². The van der Waals surface area contributed by atoms with E-state index < -0.39 is 5.97 Å². The minimum atomic E-state index is -1.00. The second-order valence-corrected chi connectivity index (χ2v) is 5.63. The summed E-state index contributed by atoms with van der Waals surface area (Å²) in [6, 6.07) is 15.1. The highest BCUT2D eigenvalue weighted by molar-refractivity contribution is 6.02. The Labute approximate surface area is 143 Å². The number of hydrogen-bond acceptors (Lipinski definition) is 4. The van der Waals surface area contributed by atoms with Crippen molar-refractivity contribution in [2.24, 2.45) is 0 Å². The summed E-state index contributed by atoms with van der Waals surface area (Å²) in [6.07, 6.45) is 4.89. The van der Waals surface area contributed by atoms with Crippen LogP contribution in [0.25, 0.3) is 22.3 Å². The van der Waals surface area contributed by atoms with E-state index >= 15 is 0 Å². The summed E-state index contributed by atoms with van der Waals surface area (Å²) in [6.45, 7) is 0.521. The van der Waals surface area contributed by atoms with Crippen LogP contribution >= 0.6 is 0 Å². The van der Waals surface area contributed by atoms with Gasteiger partial charge in [-0.15, -0.1) is 0 Å². The van der Waals surface area contributed by atoms with Gasteiger partial charge < -0.3 is 5.11 Å². The Kier molecular flexibility index (Phi) is 3.70. The molecule has 0 saturated heterocycles. The van der Waals surface area contributed by atoms with Crippen molar-refractivity contribution in [1.29, 1.82) is 0 Å². The van der Waals surface area contributed by atoms with Gasteiger partial charge in [0, 0.05) is 18.0 Å². The molecule has 0 bridgehead atoms. The Balaban J connectivity index is 1.89. The van der Waals surface area contributed by atoms with E-state index in [1.54, 1.807) is 35.4 Å². The number of carboxylic acid groups (broad SMARTS) is 1. The lowest BCUT2D eigenvalue weighted by molar-refractivity contribution is 0.0699. The molecule has 3 heterocycles. The van der Waals surface area contributed by atoms with Crippen LogP contribution in [-0.2, 0) is 6.54 Å². The molecule has 3 aromatic heterocycles. The fourth-order valence-electron chi connectivity index (χ4n) is 2.76. The Bertz CT molecular complexity index is 1040. The van der Waals surface area contributed by atoms with Crippen molar-refractivity contribution in [2.75, 3.05) is 0 Å². The highest BCUT2D eigenvalue weighted by atomic mass is 16.4. The smallest absolute Gasteiger partial charge is 0.336 e. The number of aromatic carboxylic acids is 1. The molecule has 0 spiro atoms. The third-order valence-electron chi connectivity index (χ3n) is 3.97. The standard InChI is InChI=1S/C19H14N4O2/c24-19(25)15-9-17(14-7-4-8-20-10-14)22-18-16(15)11-21-23(18)12-13-5-2-1-3-6-13/h1-11H,12H2,(H,24,25). The molecule has 0 aliphatic rings. The van der Waals surface area contributed by atoms with Gasteiger partial charge in [-0.25, -0.2) is 14.5 Å². The van der Waals surface area contributed by atoms with Crippen molar-refractivity contribution in [3.05, 3.63) is 78.2 Å². The predicted octanol–water partition coefficient (Wildman–Crippen LogP) is 3.24. The van der Waals surface area contributed by atoms with E-state index in [2.05, 4.69) is 15.1 Å². The lowest BCUT2D eigenvalue weighted by Gasteiger charge is -2.07. The second kappa shape index (κ2) is 6.16. The fraction of sp³-hybridized carbons (Fsp3) is 0.0526. The van der Waals surface area contributed by atoms with Gasteiger partial charge in [0.05, 0.1) is 29.4 Å². The van der Waals surface area contributed by atoms with Crippen LogP contribution in [0.5, 0.6) is 0 Å². The van der Waals surface area contributed by atoms with Crippen molar-refractivity contribution in [1.82, 2.24) is 19.7 Å². The summed E-state index contributed by atoms with van der Waals surface area (Å²) in [5, 5.41) is 14.4. The largest absolute Gasteiger partial charge is 0.478 e. The highest BCUT2D eigenvalue weighted by Gasteiger charge is 2.17. The molecule has 0 amide bonds. The van der Waals surface area contributed by atoms with Gasteiger partial charge in [-0.1, -0.05) is 30.3 Å². The van der Waals surface area contributed by atoms with Crippen LogP contribution < -0.4 is 0 Å². The summed E-state index contributed by atoms with van der Waals surface area (Å²) in [5.74, 6) is -1.00. The Morgan fingerprint density at radius 1 is 1.08 bits per heavy atom. The summed E-state index contributed by atoms with van der Waals surface area (Å²) in [4.78, 5) is 20.4. The molecule has 25 heavy (non-hydrogen) atoms. The van der Waals surface area contributed by atoms with Crippen LogP contribution in [0.2, 0.25) is 0 Å². The van der Waals surface area contributed by atoms with Crippen molar-refractivity contribution in [3.63, 3.8) is 0 Å². The Hall–Kier alpha value is -3.54. The van der Waals surface area contributed by atoms with Crippen molar-refractivity contribution >= 4 is 17.0 Å². The van der Waals surface area contributed by atoms with Crippen molar-refractivity contribution in [2.45, 2.75) is 6.54 Å². The first-order valence-corrected chi connectivity index (χ1v) is 7.76. The first-order valence-electron chi connectivity index (χ1n) is 7.76. The third kappa shape index (κ3) is 2.85. The second-order valence-electron chi connectivity index (χ2n) is 5.63. The van der Waals surface area contributed by atoms with E-state index in [0.29, 0.717) is 23.3 Å². The first kappa shape index (κ1) is 15.0. The number of benzene rings is 1. The van der Waals surface area contributed by atoms with Crippen molar-refractivity contribution in [3.8, 4) is 11.3 Å². The third-order valence-corrected chi connectivity index (χ3v) is 3.97. The van der Waals surface area contributed by atoms with E-state index in [4.69, 9.17) is 0 Å². The van der Waals surface area contributed by atoms with Gasteiger partial charge in [-0.3, -0.25) is 4.98 Å². The SMILES string of the molecule is O=C(O)c1cc(-c2cccnc2)nc2c1cnn2Cc1ccccc1. The molecule has 4 aromatic rings. The van der Waals surface area contributed by atoms with E-state index in [9.17, 15) is 9.90 Å². The number of hydrogen-bond donors (Lipinski definition) is 1. The normalized spacial score (nSPS) is 10.9. The van der Waals surface area contributed by atoms with Gasteiger partial charge in [-0.2, -0.15) is 5.10 Å². The summed E-state index contributed by atoms with van der Waals surface area (Å²) >= 11 is 0. The van der Waals surface area contributed by atoms with Gasteiger partial charge >= 0.3 is 5.97 Å². The zero-order valence-corrected chi connectivity index (χ0v) is 13.2. The Morgan fingerprint density at radius 2 is 1.92 bits per heavy atom. The minimum Gasteiger partial charge on any atom is -0.478 e. The topological polar surface area (TPSA) is 80.9 Å². The summed E-state index contributed by atoms with van der Waals surface area (Å²) in [5.41, 5.74) is 3.12. The quantitative estimate of drug-likeness (QED) is 0.621. The molecule has 6 nitrogen and oxygen atoms in total. The molecule has 0 saturated carbocycles. The molecule has 122 valence electrons. The molecule has 1 N–H and O–H groups in total. The monoisotopic (exact) mass is 330 g/mol. The number of rotatable bonds is 4. The zero-order valence-electron chi connectivity index (χ0n) is 13.2. The lowest BCUT2D eigenvalue weighted by atomic mass is 10.1. The van der Waals surface area contributed by atoms with Crippen LogP contribution in [-0.4, -0.2) is 30.8 Å². The average molecular weight is 330 g/mol. The Morgan fingerprint density at radius 3 is 2.64 bits per heavy atom. The first-order chi connectivity index (χ1) is 12.2. The van der Waals surface area contributed by atoms with Gasteiger partial charge in [0.15, 0.2) is 5.65 Å². The number of pyridine rings is 2. The number of aromatic nitrogens is 4. The molecule has 4 rings (SSSR count). The average Bonchev–Trinajstić information content (AvgIpc) is 3.05. The zero-order chi connectivity index (χ0) is 17.2. The number of carboxylic acids is 1. The van der Waals surface area contributed by atoms with Crippen LogP contribution in [0.3, 0.4) is 0 Å². The molecule has 0 fully saturated rings. The number of carbonyl (C=O) groups is 1. The number of fused-ring (bicyclic) bond motifs is 1. The van der Waals surface area contributed by atoms with Crippen molar-refractivity contribution < 1.29 is 9.90 Å². The van der Waals surface area contributed by atoms with Gasteiger partial charge in [0.2, 0.25) is 0 Å². The summed E-state index contributed by atoms with van der Waals surface area (Å²) in [7, 11) is 0. The van der Waals surface area contributed by atoms with Gasteiger partial charge in [0.25, 0.3) is 0 Å². The van der Waals surface area contributed by atoms with Crippen LogP contribution in [0.4, 0.5) is 0 Å². The minimum absolute atomic E-state index is 0.183. The van der Waals surface area contributed by atoms with E-state index in [1.165, 1.54) is 0 Å². The lowest BCUT2D eigenvalue weighted by Crippen LogP contribution is -2.05. The molecule has 0 unspecified atom stereocenters. The van der Waals surface area contributed by atoms with E-state index in [-0.39, 0.29) is 5.56 Å². The molecular formula is C19H14N4O2.